The van der Waals surface area contributed by atoms with Gasteiger partial charge in [-0.3, -0.25) is 4.79 Å². The summed E-state index contributed by atoms with van der Waals surface area (Å²) in [6.07, 6.45) is 4.68. The zero-order valence-electron chi connectivity index (χ0n) is 24.2. The van der Waals surface area contributed by atoms with Crippen molar-refractivity contribution in [1.82, 2.24) is 39.2 Å². The molecule has 1 atom stereocenters. The number of piperazine rings is 1. The zero-order valence-corrected chi connectivity index (χ0v) is 24.2. The second-order valence-corrected chi connectivity index (χ2v) is 10.7. The van der Waals surface area contributed by atoms with Gasteiger partial charge in [-0.05, 0) is 56.9 Å². The molecule has 6 rings (SSSR count). The van der Waals surface area contributed by atoms with E-state index in [2.05, 4.69) is 49.0 Å². The Morgan fingerprint density at radius 1 is 1.10 bits per heavy atom. The molecule has 13 nitrogen and oxygen atoms in total. The maximum absolute atomic E-state index is 13.9. The van der Waals surface area contributed by atoms with Gasteiger partial charge in [-0.2, -0.15) is 14.6 Å². The van der Waals surface area contributed by atoms with E-state index in [1.165, 1.54) is 4.52 Å². The van der Waals surface area contributed by atoms with E-state index in [-0.39, 0.29) is 11.9 Å². The highest BCUT2D eigenvalue weighted by Crippen LogP contribution is 2.28. The summed E-state index contributed by atoms with van der Waals surface area (Å²) >= 11 is 0. The third-order valence-electron chi connectivity index (χ3n) is 7.54. The van der Waals surface area contributed by atoms with Gasteiger partial charge in [0.15, 0.2) is 17.1 Å². The number of aromatic nitrogens is 6. The number of fused-ring (bicyclic) bond motifs is 3. The molecule has 220 valence electrons. The van der Waals surface area contributed by atoms with E-state index in [0.717, 1.165) is 37.5 Å². The third-order valence-corrected chi connectivity index (χ3v) is 7.54. The van der Waals surface area contributed by atoms with E-state index in [1.54, 1.807) is 29.3 Å². The van der Waals surface area contributed by atoms with Gasteiger partial charge < -0.3 is 29.6 Å². The molecule has 1 fully saturated rings. The van der Waals surface area contributed by atoms with Crippen LogP contribution in [0.4, 0.5) is 11.6 Å². The highest BCUT2D eigenvalue weighted by Gasteiger charge is 2.31. The number of nitrogens with zero attached hydrogens (tertiary/aromatic N) is 9. The average molecular weight is 573 g/mol. The Morgan fingerprint density at radius 2 is 1.88 bits per heavy atom. The number of rotatable bonds is 10. The van der Waals surface area contributed by atoms with Crippen molar-refractivity contribution in [2.24, 2.45) is 0 Å². The number of ether oxygens (including phenoxy) is 1. The first-order valence-corrected chi connectivity index (χ1v) is 14.3. The Morgan fingerprint density at radius 3 is 2.57 bits per heavy atom. The van der Waals surface area contributed by atoms with E-state index in [9.17, 15) is 4.79 Å². The molecule has 1 saturated heterocycles. The second-order valence-electron chi connectivity index (χ2n) is 10.7. The van der Waals surface area contributed by atoms with E-state index >= 15 is 0 Å². The zero-order chi connectivity index (χ0) is 29.2. The topological polar surface area (TPSA) is 136 Å². The summed E-state index contributed by atoms with van der Waals surface area (Å²) in [6, 6.07) is 11.2. The number of hydrogen-bond donors (Lipinski definition) is 1. The number of nitrogens with two attached hydrogens (primary N) is 1. The van der Waals surface area contributed by atoms with E-state index in [4.69, 9.17) is 14.9 Å². The summed E-state index contributed by atoms with van der Waals surface area (Å²) in [6.45, 7) is 6.30. The van der Waals surface area contributed by atoms with Gasteiger partial charge in [0.25, 0.3) is 0 Å². The van der Waals surface area contributed by atoms with E-state index in [1.807, 2.05) is 31.1 Å². The van der Waals surface area contributed by atoms with E-state index in [0.29, 0.717) is 54.4 Å². The Hall–Kier alpha value is -4.65. The number of benzene rings is 1. The summed E-state index contributed by atoms with van der Waals surface area (Å²) in [4.78, 5) is 29.4. The summed E-state index contributed by atoms with van der Waals surface area (Å²) in [5, 5.41) is 9.74. The molecule has 4 aromatic heterocycles. The summed E-state index contributed by atoms with van der Waals surface area (Å²) in [5.74, 6) is 1.98. The van der Waals surface area contributed by atoms with Crippen LogP contribution in [-0.2, 0) is 4.79 Å². The van der Waals surface area contributed by atoms with Crippen LogP contribution in [0.25, 0.3) is 28.3 Å². The Balaban J connectivity index is 1.17. The maximum atomic E-state index is 13.9. The van der Waals surface area contributed by atoms with Crippen LogP contribution in [0.15, 0.2) is 53.3 Å². The fourth-order valence-corrected chi connectivity index (χ4v) is 5.28. The first-order chi connectivity index (χ1) is 20.4. The first-order valence-electron chi connectivity index (χ1n) is 14.3. The quantitative estimate of drug-likeness (QED) is 0.266. The number of hydrogen-bond acceptors (Lipinski definition) is 10. The van der Waals surface area contributed by atoms with Crippen LogP contribution in [0.5, 0.6) is 5.75 Å². The smallest absolute Gasteiger partial charge is 0.247 e. The third kappa shape index (κ3) is 5.34. The van der Waals surface area contributed by atoms with Gasteiger partial charge >= 0.3 is 0 Å². The van der Waals surface area contributed by atoms with E-state index < -0.39 is 6.04 Å². The molecule has 0 spiro atoms. The Labute approximate surface area is 243 Å². The van der Waals surface area contributed by atoms with Gasteiger partial charge in [0.1, 0.15) is 18.4 Å². The van der Waals surface area contributed by atoms with Crippen molar-refractivity contribution in [2.45, 2.75) is 25.8 Å². The van der Waals surface area contributed by atoms with Gasteiger partial charge in [0.2, 0.25) is 17.7 Å². The normalized spacial score (nSPS) is 14.8. The molecular weight excluding hydrogens is 536 g/mol. The number of carbonyl (C=O) groups excluding carboxylic acids is 1. The van der Waals surface area contributed by atoms with Crippen LogP contribution in [0.2, 0.25) is 0 Å². The van der Waals surface area contributed by atoms with Crippen molar-refractivity contribution in [3.63, 3.8) is 0 Å². The highest BCUT2D eigenvalue weighted by atomic mass is 16.5. The Bertz CT molecular complexity index is 1650. The maximum Gasteiger partial charge on any atom is 0.247 e. The number of amides is 1. The lowest BCUT2D eigenvalue weighted by Crippen LogP contribution is -2.50. The van der Waals surface area contributed by atoms with Gasteiger partial charge in [0, 0.05) is 38.4 Å². The molecule has 0 radical (unpaired) electrons. The molecule has 1 unspecified atom stereocenters. The lowest BCUT2D eigenvalue weighted by atomic mass is 10.1. The minimum atomic E-state index is -0.500. The lowest BCUT2D eigenvalue weighted by Gasteiger charge is -2.37. The predicted octanol–water partition coefficient (Wildman–Crippen LogP) is 2.95. The number of likely N-dealkylation sites (N-methyl/N-ethyl adjacent to an activating group) is 1. The molecule has 5 aromatic rings. The highest BCUT2D eigenvalue weighted by molar-refractivity contribution is 5.92. The van der Waals surface area contributed by atoms with Crippen molar-refractivity contribution in [2.75, 3.05) is 64.1 Å². The molecule has 2 N–H and O–H groups in total. The van der Waals surface area contributed by atoms with Gasteiger partial charge in [-0.15, -0.1) is 5.10 Å². The molecule has 5 heterocycles. The number of furan rings is 1. The largest absolute Gasteiger partial charge is 0.492 e. The van der Waals surface area contributed by atoms with Crippen molar-refractivity contribution in [3.05, 3.63) is 48.9 Å². The van der Waals surface area contributed by atoms with Crippen molar-refractivity contribution in [1.29, 1.82) is 0 Å². The fraction of sp³-hybridized carbons (Fsp3) is 0.414. The minimum Gasteiger partial charge on any atom is -0.492 e. The summed E-state index contributed by atoms with van der Waals surface area (Å²) in [7, 11) is 4.06. The molecule has 13 heteroatoms. The molecule has 0 aliphatic carbocycles. The fourth-order valence-electron chi connectivity index (χ4n) is 5.28. The molecule has 1 aliphatic heterocycles. The van der Waals surface area contributed by atoms with Crippen LogP contribution >= 0.6 is 0 Å². The molecule has 42 heavy (non-hydrogen) atoms. The first kappa shape index (κ1) is 27.5. The van der Waals surface area contributed by atoms with Crippen LogP contribution in [-0.4, -0.2) is 98.5 Å². The van der Waals surface area contributed by atoms with Gasteiger partial charge in [-0.1, -0.05) is 13.3 Å². The molecule has 0 saturated carbocycles. The minimum absolute atomic E-state index is 0.0316. The van der Waals surface area contributed by atoms with Crippen LogP contribution in [0, 0.1) is 0 Å². The van der Waals surface area contributed by atoms with Gasteiger partial charge in [0.05, 0.1) is 17.8 Å². The standard InChI is InChI=1S/C29H36N10O3/c1-4-6-23(28(40)37-14-12-36(13-15-37)20-8-10-21(11-9-20)41-18-16-35(2)3)38-27-22(19-31-38)26-32-25(24-7-5-17-42-24)34-39(26)29(30)33-27/h5,7-11,17,19,23H,4,6,12-16,18H2,1-3H3,(H2,30,33). The molecule has 1 amide bonds. The monoisotopic (exact) mass is 572 g/mol. The lowest BCUT2D eigenvalue weighted by molar-refractivity contribution is -0.135. The number of anilines is 2. The number of carbonyl (C=O) groups is 1. The van der Waals surface area contributed by atoms with Crippen molar-refractivity contribution < 1.29 is 13.9 Å². The Kier molecular flexibility index (Phi) is 7.66. The predicted molar refractivity (Wildman–Crippen MR) is 159 cm³/mol. The summed E-state index contributed by atoms with van der Waals surface area (Å²) < 4.78 is 14.5. The second kappa shape index (κ2) is 11.7. The van der Waals surface area contributed by atoms with Gasteiger partial charge in [-0.25, -0.2) is 9.67 Å². The average Bonchev–Trinajstić information content (AvgIpc) is 3.76. The van der Waals surface area contributed by atoms with Crippen LogP contribution in [0.3, 0.4) is 0 Å². The SMILES string of the molecule is CCCC(C(=O)N1CCN(c2ccc(OCCN(C)C)cc2)CC1)n1ncc2c1nc(N)n1nc(-c3ccco3)nc21. The van der Waals surface area contributed by atoms with Crippen LogP contribution in [0.1, 0.15) is 25.8 Å². The van der Waals surface area contributed by atoms with Crippen molar-refractivity contribution >= 4 is 34.2 Å². The molecule has 1 aromatic carbocycles. The van der Waals surface area contributed by atoms with Crippen LogP contribution < -0.4 is 15.4 Å². The molecular formula is C29H36N10O3. The number of nitrogen functional groups attached to an aromatic ring is 1. The van der Waals surface area contributed by atoms with Crippen molar-refractivity contribution in [3.8, 4) is 17.3 Å². The summed E-state index contributed by atoms with van der Waals surface area (Å²) in [5.41, 5.74) is 8.44. The molecule has 0 bridgehead atoms. The molecule has 1 aliphatic rings.